The molecule has 1 aromatic carbocycles. The number of carbonyl (C=O) groups is 1. The highest BCUT2D eigenvalue weighted by Gasteiger charge is 2.25. The highest BCUT2D eigenvalue weighted by Crippen LogP contribution is 2.32. The topological polar surface area (TPSA) is 56.4 Å². The maximum atomic E-state index is 12.0. The number of carbonyl (C=O) groups excluding carboxylic acids is 1. The summed E-state index contributed by atoms with van der Waals surface area (Å²) in [5, 5.41) is 3.05. The zero-order chi connectivity index (χ0) is 17.5. The smallest absolute Gasteiger partial charge is 0.275 e. The first-order valence-corrected chi connectivity index (χ1v) is 9.57. The molecule has 138 valence electrons. The van der Waals surface area contributed by atoms with Crippen molar-refractivity contribution in [3.63, 3.8) is 0 Å². The molecule has 3 N–H and O–H groups in total. The van der Waals surface area contributed by atoms with E-state index in [9.17, 15) is 4.79 Å². The van der Waals surface area contributed by atoms with Gasteiger partial charge in [-0.3, -0.25) is 4.79 Å². The van der Waals surface area contributed by atoms with E-state index in [1.807, 2.05) is 6.07 Å². The van der Waals surface area contributed by atoms with Crippen LogP contribution in [0, 0.1) is 0 Å². The van der Waals surface area contributed by atoms with Gasteiger partial charge in [0.1, 0.15) is 32.7 Å². The van der Waals surface area contributed by atoms with Crippen LogP contribution in [0.25, 0.3) is 0 Å². The summed E-state index contributed by atoms with van der Waals surface area (Å²) in [5.74, 6) is 1.91. The lowest BCUT2D eigenvalue weighted by Gasteiger charge is -2.29. The summed E-state index contributed by atoms with van der Waals surface area (Å²) in [4.78, 5) is 15.0. The maximum absolute atomic E-state index is 12.0. The Bertz CT molecular complexity index is 571. The third-order valence-electron chi connectivity index (χ3n) is 5.07. The van der Waals surface area contributed by atoms with Gasteiger partial charge in [-0.1, -0.05) is 19.8 Å². The SMILES string of the molecule is CCCCCNC(=O)C[NH+]1CC[NH+](Cc2ccc3c(c2)OCO3)CC1. The number of ether oxygens (including phenoxy) is 2. The fraction of sp³-hybridized carbons (Fsp3) is 0.632. The monoisotopic (exact) mass is 349 g/mol. The molecule has 25 heavy (non-hydrogen) atoms. The minimum Gasteiger partial charge on any atom is -0.454 e. The summed E-state index contributed by atoms with van der Waals surface area (Å²) >= 11 is 0. The molecule has 0 atom stereocenters. The van der Waals surface area contributed by atoms with Crippen molar-refractivity contribution in [3.05, 3.63) is 23.8 Å². The molecule has 6 nitrogen and oxygen atoms in total. The van der Waals surface area contributed by atoms with E-state index in [0.717, 1.165) is 57.2 Å². The van der Waals surface area contributed by atoms with Gasteiger partial charge in [0.25, 0.3) is 5.91 Å². The molecule has 1 saturated heterocycles. The zero-order valence-electron chi connectivity index (χ0n) is 15.2. The van der Waals surface area contributed by atoms with Gasteiger partial charge in [-0.2, -0.15) is 0 Å². The van der Waals surface area contributed by atoms with E-state index < -0.39 is 0 Å². The molecule has 0 aromatic heterocycles. The van der Waals surface area contributed by atoms with Crippen LogP contribution in [0.1, 0.15) is 31.7 Å². The van der Waals surface area contributed by atoms with Crippen LogP contribution in [-0.4, -0.2) is 52.0 Å². The molecular weight excluding hydrogens is 318 g/mol. The number of benzene rings is 1. The quantitative estimate of drug-likeness (QED) is 0.528. The third-order valence-corrected chi connectivity index (χ3v) is 5.07. The normalized spacial score (nSPS) is 22.0. The van der Waals surface area contributed by atoms with Gasteiger partial charge < -0.3 is 24.6 Å². The fourth-order valence-electron chi connectivity index (χ4n) is 3.54. The van der Waals surface area contributed by atoms with Gasteiger partial charge in [-0.25, -0.2) is 0 Å². The number of fused-ring (bicyclic) bond motifs is 1. The molecule has 0 aliphatic carbocycles. The summed E-state index contributed by atoms with van der Waals surface area (Å²) < 4.78 is 10.8. The van der Waals surface area contributed by atoms with E-state index in [4.69, 9.17) is 9.47 Å². The van der Waals surface area contributed by atoms with Gasteiger partial charge in [0.05, 0.1) is 0 Å². The summed E-state index contributed by atoms with van der Waals surface area (Å²) in [6, 6.07) is 6.23. The lowest BCUT2D eigenvalue weighted by atomic mass is 10.1. The molecular formula is C19H31N3O3+2. The number of unbranched alkanes of at least 4 members (excludes halogenated alkanes) is 2. The van der Waals surface area contributed by atoms with E-state index >= 15 is 0 Å². The van der Waals surface area contributed by atoms with Crippen molar-refractivity contribution in [2.24, 2.45) is 0 Å². The molecule has 0 spiro atoms. The van der Waals surface area contributed by atoms with Crippen molar-refractivity contribution < 1.29 is 24.1 Å². The predicted octanol–water partition coefficient (Wildman–Crippen LogP) is -0.995. The highest BCUT2D eigenvalue weighted by atomic mass is 16.7. The van der Waals surface area contributed by atoms with Crippen LogP contribution in [-0.2, 0) is 11.3 Å². The molecule has 0 radical (unpaired) electrons. The minimum absolute atomic E-state index is 0.199. The lowest BCUT2D eigenvalue weighted by Crippen LogP contribution is -3.28. The van der Waals surface area contributed by atoms with Crippen LogP contribution >= 0.6 is 0 Å². The van der Waals surface area contributed by atoms with E-state index in [-0.39, 0.29) is 5.91 Å². The van der Waals surface area contributed by atoms with E-state index in [0.29, 0.717) is 13.3 Å². The van der Waals surface area contributed by atoms with Crippen molar-refractivity contribution in [3.8, 4) is 11.5 Å². The molecule has 2 aliphatic rings. The Morgan fingerprint density at radius 2 is 1.84 bits per heavy atom. The average molecular weight is 349 g/mol. The Labute approximate surface area is 150 Å². The Morgan fingerprint density at radius 1 is 1.08 bits per heavy atom. The second-order valence-corrected chi connectivity index (χ2v) is 7.10. The summed E-state index contributed by atoms with van der Waals surface area (Å²) in [7, 11) is 0. The molecule has 2 heterocycles. The number of piperazine rings is 1. The fourth-order valence-corrected chi connectivity index (χ4v) is 3.54. The predicted molar refractivity (Wildman–Crippen MR) is 95.1 cm³/mol. The number of nitrogens with one attached hydrogen (secondary N) is 3. The molecule has 6 heteroatoms. The van der Waals surface area contributed by atoms with Crippen molar-refractivity contribution in [2.45, 2.75) is 32.7 Å². The Morgan fingerprint density at radius 3 is 2.64 bits per heavy atom. The van der Waals surface area contributed by atoms with Crippen molar-refractivity contribution >= 4 is 5.91 Å². The molecule has 3 rings (SSSR count). The van der Waals surface area contributed by atoms with Gasteiger partial charge in [-0.05, 0) is 24.6 Å². The Hall–Kier alpha value is -1.79. The van der Waals surface area contributed by atoms with Crippen LogP contribution in [0.15, 0.2) is 18.2 Å². The van der Waals surface area contributed by atoms with E-state index in [2.05, 4.69) is 24.4 Å². The Balaban J connectivity index is 1.36. The Kier molecular flexibility index (Phi) is 6.53. The minimum atomic E-state index is 0.199. The average Bonchev–Trinajstić information content (AvgIpc) is 3.08. The van der Waals surface area contributed by atoms with Gasteiger partial charge in [-0.15, -0.1) is 0 Å². The molecule has 2 aliphatic heterocycles. The van der Waals surface area contributed by atoms with Crippen LogP contribution in [0.3, 0.4) is 0 Å². The van der Waals surface area contributed by atoms with Gasteiger partial charge in [0.15, 0.2) is 18.0 Å². The van der Waals surface area contributed by atoms with Crippen LogP contribution < -0.4 is 24.6 Å². The summed E-state index contributed by atoms with van der Waals surface area (Å²) in [5.41, 5.74) is 1.29. The first-order valence-electron chi connectivity index (χ1n) is 9.57. The molecule has 1 amide bonds. The first kappa shape index (κ1) is 18.0. The van der Waals surface area contributed by atoms with Gasteiger partial charge in [0.2, 0.25) is 6.79 Å². The second kappa shape index (κ2) is 9.06. The highest BCUT2D eigenvalue weighted by molar-refractivity contribution is 5.76. The van der Waals surface area contributed by atoms with E-state index in [1.165, 1.54) is 23.3 Å². The van der Waals surface area contributed by atoms with Crippen molar-refractivity contribution in [1.82, 2.24) is 5.32 Å². The zero-order valence-corrected chi connectivity index (χ0v) is 15.2. The number of hydrogen-bond acceptors (Lipinski definition) is 3. The summed E-state index contributed by atoms with van der Waals surface area (Å²) in [6.07, 6.45) is 3.47. The second-order valence-electron chi connectivity index (χ2n) is 7.10. The molecule has 1 aromatic rings. The number of quaternary nitrogens is 2. The lowest BCUT2D eigenvalue weighted by molar-refractivity contribution is -1.02. The van der Waals surface area contributed by atoms with Crippen LogP contribution in [0.4, 0.5) is 0 Å². The van der Waals surface area contributed by atoms with Crippen molar-refractivity contribution in [2.75, 3.05) is 46.1 Å². The maximum Gasteiger partial charge on any atom is 0.275 e. The number of rotatable bonds is 8. The van der Waals surface area contributed by atoms with Crippen LogP contribution in [0.5, 0.6) is 11.5 Å². The molecule has 0 bridgehead atoms. The standard InChI is InChI=1S/C19H29N3O3/c1-2-3-4-7-20-19(23)14-22-10-8-21(9-11-22)13-16-5-6-17-18(12-16)25-15-24-17/h5-6,12H,2-4,7-11,13-15H2,1H3,(H,20,23)/p+2. The van der Waals surface area contributed by atoms with Crippen LogP contribution in [0.2, 0.25) is 0 Å². The third kappa shape index (κ3) is 5.34. The molecule has 0 unspecified atom stereocenters. The summed E-state index contributed by atoms with van der Waals surface area (Å²) in [6.45, 7) is 9.27. The number of amides is 1. The van der Waals surface area contributed by atoms with Gasteiger partial charge >= 0.3 is 0 Å². The molecule has 1 fully saturated rings. The van der Waals surface area contributed by atoms with Crippen molar-refractivity contribution in [1.29, 1.82) is 0 Å². The molecule has 0 saturated carbocycles. The first-order chi connectivity index (χ1) is 12.2. The van der Waals surface area contributed by atoms with E-state index in [1.54, 1.807) is 4.90 Å². The van der Waals surface area contributed by atoms with Gasteiger partial charge in [0, 0.05) is 12.1 Å². The number of hydrogen-bond donors (Lipinski definition) is 3. The largest absolute Gasteiger partial charge is 0.454 e.